The molecule has 3 aromatic rings. The lowest BCUT2D eigenvalue weighted by Crippen LogP contribution is -2.66. The van der Waals surface area contributed by atoms with Gasteiger partial charge in [0.05, 0.1) is 0 Å². The predicted octanol–water partition coefficient (Wildman–Crippen LogP) is 4.74. The number of hydroxylamine groups is 1. The summed E-state index contributed by atoms with van der Waals surface area (Å²) in [5.41, 5.74) is 2.06. The molecule has 0 spiro atoms. The van der Waals surface area contributed by atoms with Crippen LogP contribution in [-0.4, -0.2) is 32.3 Å². The van der Waals surface area contributed by atoms with Crippen LogP contribution in [0.25, 0.3) is 0 Å². The van der Waals surface area contributed by atoms with Crippen LogP contribution in [0.15, 0.2) is 103 Å². The maximum atomic E-state index is 14.4. The summed E-state index contributed by atoms with van der Waals surface area (Å²) in [5, 5.41) is 9.49. The number of carbonyl (C=O) groups is 2. The van der Waals surface area contributed by atoms with E-state index in [-0.39, 0.29) is 17.9 Å². The molecule has 1 amide bonds. The Morgan fingerprint density at radius 2 is 1.36 bits per heavy atom. The molecular weight excluding hydrogens is 473 g/mol. The normalized spacial score (nSPS) is 11.8. The molecule has 0 atom stereocenters. The Morgan fingerprint density at radius 1 is 0.917 bits per heavy atom. The van der Waals surface area contributed by atoms with Crippen molar-refractivity contribution in [2.24, 2.45) is 0 Å². The average Bonchev–Trinajstić information content (AvgIpc) is 2.89. The first-order chi connectivity index (χ1) is 17.3. The van der Waals surface area contributed by atoms with E-state index < -0.39 is 19.9 Å². The van der Waals surface area contributed by atoms with Gasteiger partial charge in [0.1, 0.15) is 0 Å². The van der Waals surface area contributed by atoms with Gasteiger partial charge in [-0.15, -0.1) is 0 Å². The van der Waals surface area contributed by atoms with Gasteiger partial charge in [0.25, 0.3) is 8.32 Å². The first-order valence-electron chi connectivity index (χ1n) is 11.8. The molecule has 190 valence electrons. The second kappa shape index (κ2) is 14.2. The van der Waals surface area contributed by atoms with Gasteiger partial charge in [0, 0.05) is 13.0 Å². The highest BCUT2D eigenvalue weighted by molar-refractivity contribution is 6.99. The van der Waals surface area contributed by atoms with Crippen molar-refractivity contribution in [3.05, 3.63) is 108 Å². The molecule has 7 heteroatoms. The van der Waals surface area contributed by atoms with Crippen molar-refractivity contribution in [3.8, 4) is 0 Å². The summed E-state index contributed by atoms with van der Waals surface area (Å²) < 4.78 is 21.2. The van der Waals surface area contributed by atoms with Gasteiger partial charge in [-0.3, -0.25) is 14.8 Å². The number of Topliss-reactive ketones (excluding diaryl/α,β-unsaturated/α-hetero) is 1. The van der Waals surface area contributed by atoms with Crippen LogP contribution >= 0.6 is 0 Å². The van der Waals surface area contributed by atoms with Crippen LogP contribution in [0, 0.1) is 0 Å². The summed E-state index contributed by atoms with van der Waals surface area (Å²) in [5.74, 6) is -1.19. The van der Waals surface area contributed by atoms with Crippen molar-refractivity contribution in [3.63, 3.8) is 0 Å². The first-order valence-corrected chi connectivity index (χ1v) is 13.7. The van der Waals surface area contributed by atoms with E-state index in [1.165, 1.54) is 21.9 Å². The highest BCUT2D eigenvalue weighted by Gasteiger charge is 2.49. The first kappa shape index (κ1) is 28.8. The molecule has 3 rings (SSSR count). The molecule has 0 fully saturated rings. The highest BCUT2D eigenvalue weighted by atomic mass is 28.4. The Bertz CT molecular complexity index is 1060. The van der Waals surface area contributed by atoms with Gasteiger partial charge in [-0.1, -0.05) is 112 Å². The summed E-state index contributed by atoms with van der Waals surface area (Å²) in [4.78, 5) is 21.0. The van der Waals surface area contributed by atoms with Gasteiger partial charge in [0.2, 0.25) is 6.41 Å². The summed E-state index contributed by atoms with van der Waals surface area (Å²) in [7, 11) is -2.65. The summed E-state index contributed by atoms with van der Waals surface area (Å²) in [6, 6.07) is 29.9. The van der Waals surface area contributed by atoms with E-state index in [0.29, 0.717) is 13.0 Å². The fourth-order valence-corrected chi connectivity index (χ4v) is 8.72. The third-order valence-corrected chi connectivity index (χ3v) is 10.7. The quantitative estimate of drug-likeness (QED) is 0.104. The van der Waals surface area contributed by atoms with E-state index in [9.17, 15) is 9.18 Å². The number of nitrogens with one attached hydrogen (secondary N) is 1. The Morgan fingerprint density at radius 3 is 1.78 bits per heavy atom. The fourth-order valence-electron chi connectivity index (χ4n) is 4.14. The molecular formula is C29H34FNO4Si. The minimum Gasteiger partial charge on any atom is -0.407 e. The molecule has 5 nitrogen and oxygen atoms in total. The number of benzene rings is 3. The Balaban J connectivity index is 0.00000106. The lowest BCUT2D eigenvalue weighted by atomic mass is 10.1. The fraction of sp³-hybridized carbons (Fsp3) is 0.241. The van der Waals surface area contributed by atoms with E-state index in [0.717, 1.165) is 5.56 Å². The number of ketones is 1. The van der Waals surface area contributed by atoms with Crippen LogP contribution < -0.4 is 15.9 Å². The third-order valence-electron chi connectivity index (χ3n) is 5.70. The summed E-state index contributed by atoms with van der Waals surface area (Å²) in [6.45, 7) is 6.97. The van der Waals surface area contributed by atoms with Gasteiger partial charge in [-0.25, -0.2) is 9.87 Å². The lowest BCUT2D eigenvalue weighted by Gasteiger charge is -2.43. The average molecular weight is 508 g/mol. The van der Waals surface area contributed by atoms with E-state index in [1.807, 2.05) is 66.7 Å². The minimum atomic E-state index is -2.65. The van der Waals surface area contributed by atoms with Crippen LogP contribution in [0.5, 0.6) is 0 Å². The van der Waals surface area contributed by atoms with E-state index in [2.05, 4.69) is 45.0 Å². The number of hydrogen-bond donors (Lipinski definition) is 2. The Hall–Kier alpha value is -3.39. The van der Waals surface area contributed by atoms with Crippen molar-refractivity contribution in [1.82, 2.24) is 5.48 Å². The van der Waals surface area contributed by atoms with Gasteiger partial charge in [0.15, 0.2) is 11.6 Å². The van der Waals surface area contributed by atoms with E-state index in [4.69, 9.17) is 14.4 Å². The summed E-state index contributed by atoms with van der Waals surface area (Å²) >= 11 is 0. The van der Waals surface area contributed by atoms with Crippen LogP contribution in [0.2, 0.25) is 5.04 Å². The molecule has 0 aromatic heterocycles. The smallest absolute Gasteiger partial charge is 0.261 e. The molecule has 2 N–H and O–H groups in total. The highest BCUT2D eigenvalue weighted by Crippen LogP contribution is 2.36. The third kappa shape index (κ3) is 7.81. The lowest BCUT2D eigenvalue weighted by molar-refractivity contribution is -0.117. The molecule has 0 bridgehead atoms. The monoisotopic (exact) mass is 507 g/mol. The maximum absolute atomic E-state index is 14.4. The van der Waals surface area contributed by atoms with Crippen molar-refractivity contribution < 1.29 is 23.6 Å². The second-order valence-corrected chi connectivity index (χ2v) is 13.5. The van der Waals surface area contributed by atoms with Gasteiger partial charge < -0.3 is 4.43 Å². The predicted molar refractivity (Wildman–Crippen MR) is 144 cm³/mol. The molecule has 0 saturated carbocycles. The molecule has 0 heterocycles. The number of carbonyl (C=O) groups excluding carboxylic acids is 2. The van der Waals surface area contributed by atoms with Crippen molar-refractivity contribution >= 4 is 30.9 Å². The van der Waals surface area contributed by atoms with Crippen molar-refractivity contribution in [2.45, 2.75) is 38.7 Å². The topological polar surface area (TPSA) is 75.6 Å². The Labute approximate surface area is 213 Å². The van der Waals surface area contributed by atoms with Crippen LogP contribution in [0.1, 0.15) is 32.8 Å². The van der Waals surface area contributed by atoms with Crippen LogP contribution in [0.4, 0.5) is 4.39 Å². The molecule has 0 radical (unpaired) electrons. The number of amides is 1. The minimum absolute atomic E-state index is 0.0682. The second-order valence-electron chi connectivity index (χ2n) is 9.18. The maximum Gasteiger partial charge on any atom is 0.261 e. The van der Waals surface area contributed by atoms with Crippen LogP contribution in [0.3, 0.4) is 0 Å². The SMILES string of the molecule is CC(C)(C)[Si](OCC/C=C(\F)C(=O)Cc1ccccc1)(c1ccccc1)c1ccccc1.O=CNO. The van der Waals surface area contributed by atoms with Gasteiger partial charge >= 0.3 is 0 Å². The standard InChI is InChI=1S/C28H31FO2Si.CH3NO2/c1-28(2,3)32(24-16-9-5-10-17-24,25-18-11-6-12-19-25)31-21-13-20-26(29)27(30)22-23-14-7-4-8-15-23;3-1-2-4/h4-12,14-20H,13,21-22H2,1-3H3;1,4H,(H,2,3)/b26-20-;. The number of allylic oxidation sites excluding steroid dienone is 1. The zero-order valence-corrected chi connectivity index (χ0v) is 22.0. The summed E-state index contributed by atoms with van der Waals surface area (Å²) in [6.07, 6.45) is 1.96. The molecule has 0 aliphatic rings. The zero-order valence-electron chi connectivity index (χ0n) is 21.0. The molecule has 0 unspecified atom stereocenters. The molecule has 3 aromatic carbocycles. The van der Waals surface area contributed by atoms with Crippen LogP contribution in [-0.2, 0) is 20.4 Å². The molecule has 0 saturated heterocycles. The van der Waals surface area contributed by atoms with Gasteiger partial charge in [-0.05, 0) is 33.5 Å². The van der Waals surface area contributed by atoms with E-state index >= 15 is 0 Å². The number of rotatable bonds is 10. The van der Waals surface area contributed by atoms with Gasteiger partial charge in [-0.2, -0.15) is 0 Å². The molecule has 0 aliphatic carbocycles. The van der Waals surface area contributed by atoms with E-state index in [1.54, 1.807) is 0 Å². The van der Waals surface area contributed by atoms with Crippen molar-refractivity contribution in [1.29, 1.82) is 0 Å². The Kier molecular flexibility index (Phi) is 11.4. The molecule has 36 heavy (non-hydrogen) atoms. The van der Waals surface area contributed by atoms with Crippen molar-refractivity contribution in [2.75, 3.05) is 6.61 Å². The molecule has 0 aliphatic heterocycles. The largest absolute Gasteiger partial charge is 0.407 e. The number of halogens is 1. The number of hydrogen-bond acceptors (Lipinski definition) is 4. The zero-order chi connectivity index (χ0) is 26.4.